The molecule has 204 valence electrons. The molecule has 0 spiro atoms. The third kappa shape index (κ3) is 3.86. The van der Waals surface area contributed by atoms with Gasteiger partial charge in [0, 0.05) is 33.7 Å². The van der Waals surface area contributed by atoms with E-state index in [1.54, 1.807) is 0 Å². The maximum atomic E-state index is 6.63. The van der Waals surface area contributed by atoms with Gasteiger partial charge >= 0.3 is 0 Å². The molecule has 5 nitrogen and oxygen atoms in total. The number of fused-ring (bicyclic) bond motifs is 7. The van der Waals surface area contributed by atoms with Crippen molar-refractivity contribution in [2.75, 3.05) is 0 Å². The third-order valence-electron chi connectivity index (χ3n) is 8.42. The van der Waals surface area contributed by atoms with Crippen LogP contribution >= 0.6 is 0 Å². The fourth-order valence-corrected chi connectivity index (χ4v) is 6.38. The van der Waals surface area contributed by atoms with Crippen LogP contribution in [0.2, 0.25) is 0 Å². The first-order chi connectivity index (χ1) is 21.3. The quantitative estimate of drug-likeness (QED) is 0.218. The van der Waals surface area contributed by atoms with Crippen LogP contribution in [0, 0.1) is 5.92 Å². The summed E-state index contributed by atoms with van der Waals surface area (Å²) in [5.41, 5.74) is 8.33. The maximum Gasteiger partial charge on any atom is 0.235 e. The zero-order valence-corrected chi connectivity index (χ0v) is 23.1. The van der Waals surface area contributed by atoms with Gasteiger partial charge in [0.2, 0.25) is 5.95 Å². The van der Waals surface area contributed by atoms with Crippen LogP contribution in [0.1, 0.15) is 11.3 Å². The normalized spacial score (nSPS) is 15.9. The molecule has 1 aliphatic heterocycles. The zero-order valence-electron chi connectivity index (χ0n) is 23.1. The minimum atomic E-state index is 0.278. The Hall–Kier alpha value is -5.68. The van der Waals surface area contributed by atoms with Crippen molar-refractivity contribution in [3.8, 4) is 51.5 Å². The van der Waals surface area contributed by atoms with Crippen molar-refractivity contribution < 1.29 is 9.47 Å². The molecule has 3 heterocycles. The predicted molar refractivity (Wildman–Crippen MR) is 170 cm³/mol. The van der Waals surface area contributed by atoms with E-state index in [1.807, 2.05) is 66.7 Å². The summed E-state index contributed by atoms with van der Waals surface area (Å²) in [6.45, 7) is 0. The molecule has 0 fully saturated rings. The standard InChI is InChI=1S/C38H25N3O2/c1-3-11-24(12-4-1)30-23-31(25-13-5-2-6-14-25)40-38(39-30)41-32-22-27-16-8-7-15-26(27)21-29(32)28-19-20-35-37(36(28)41)43-34-18-10-9-17-33(34)42-35/h1-21,23,27H,22H2. The highest BCUT2D eigenvalue weighted by molar-refractivity contribution is 5.99. The summed E-state index contributed by atoms with van der Waals surface area (Å²) in [6, 6.07) is 34.6. The number of allylic oxidation sites excluding steroid dienone is 5. The van der Waals surface area contributed by atoms with Crippen molar-refractivity contribution in [2.45, 2.75) is 6.42 Å². The molecular weight excluding hydrogens is 530 g/mol. The fourth-order valence-electron chi connectivity index (χ4n) is 6.38. The number of aromatic nitrogens is 3. The Morgan fingerprint density at radius 1 is 0.674 bits per heavy atom. The molecule has 4 aromatic carbocycles. The predicted octanol–water partition coefficient (Wildman–Crippen LogP) is 9.33. The van der Waals surface area contributed by atoms with E-state index in [9.17, 15) is 0 Å². The van der Waals surface area contributed by atoms with Gasteiger partial charge in [-0.05, 0) is 48.4 Å². The molecule has 9 rings (SSSR count). The van der Waals surface area contributed by atoms with Crippen molar-refractivity contribution in [3.05, 3.63) is 144 Å². The first-order valence-electron chi connectivity index (χ1n) is 14.5. The van der Waals surface area contributed by atoms with E-state index in [1.165, 1.54) is 11.1 Å². The molecule has 0 saturated heterocycles. The number of para-hydroxylation sites is 2. The summed E-state index contributed by atoms with van der Waals surface area (Å²) >= 11 is 0. The molecule has 0 saturated carbocycles. The van der Waals surface area contributed by atoms with Gasteiger partial charge in [-0.15, -0.1) is 0 Å². The molecule has 43 heavy (non-hydrogen) atoms. The van der Waals surface area contributed by atoms with Crippen molar-refractivity contribution in [1.82, 2.24) is 14.5 Å². The van der Waals surface area contributed by atoms with Crippen LogP contribution in [0.15, 0.2) is 133 Å². The molecule has 0 radical (unpaired) electrons. The molecule has 2 aromatic heterocycles. The summed E-state index contributed by atoms with van der Waals surface area (Å²) in [7, 11) is 0. The van der Waals surface area contributed by atoms with Crippen LogP contribution in [0.3, 0.4) is 0 Å². The minimum Gasteiger partial charge on any atom is -0.449 e. The second-order valence-electron chi connectivity index (χ2n) is 11.0. The average molecular weight is 556 g/mol. The lowest BCUT2D eigenvalue weighted by atomic mass is 9.83. The lowest BCUT2D eigenvalue weighted by Gasteiger charge is -2.24. The Morgan fingerprint density at radius 3 is 2.07 bits per heavy atom. The first kappa shape index (κ1) is 24.0. The smallest absolute Gasteiger partial charge is 0.235 e. The highest BCUT2D eigenvalue weighted by Gasteiger charge is 2.32. The second kappa shape index (κ2) is 9.43. The molecule has 2 aliphatic carbocycles. The van der Waals surface area contributed by atoms with Crippen LogP contribution in [0.5, 0.6) is 23.0 Å². The SMILES string of the molecule is C1=CC2=Cc3c(n(-c4nc(-c5ccccc5)cc(-c5ccccc5)n4)c4c5c(ccc34)Oc3ccccc3O5)CC2C=C1. The van der Waals surface area contributed by atoms with Crippen LogP contribution in [0.25, 0.3) is 45.4 Å². The molecule has 1 atom stereocenters. The summed E-state index contributed by atoms with van der Waals surface area (Å²) < 4.78 is 15.2. The molecule has 0 bridgehead atoms. The van der Waals surface area contributed by atoms with E-state index in [4.69, 9.17) is 19.4 Å². The molecule has 0 amide bonds. The summed E-state index contributed by atoms with van der Waals surface area (Å²) in [5.74, 6) is 3.63. The monoisotopic (exact) mass is 555 g/mol. The van der Waals surface area contributed by atoms with Crippen molar-refractivity contribution >= 4 is 17.0 Å². The molecule has 5 heteroatoms. The third-order valence-corrected chi connectivity index (χ3v) is 8.42. The van der Waals surface area contributed by atoms with E-state index >= 15 is 0 Å². The average Bonchev–Trinajstić information content (AvgIpc) is 3.40. The van der Waals surface area contributed by atoms with Crippen LogP contribution in [0.4, 0.5) is 0 Å². The van der Waals surface area contributed by atoms with Crippen LogP contribution in [-0.2, 0) is 6.42 Å². The number of nitrogens with zero attached hydrogens (tertiary/aromatic N) is 3. The number of hydrogen-bond acceptors (Lipinski definition) is 4. The highest BCUT2D eigenvalue weighted by Crippen LogP contribution is 2.51. The van der Waals surface area contributed by atoms with E-state index in [2.05, 4.69) is 71.3 Å². The Labute approximate surface area is 248 Å². The van der Waals surface area contributed by atoms with Crippen molar-refractivity contribution in [3.63, 3.8) is 0 Å². The lowest BCUT2D eigenvalue weighted by Crippen LogP contribution is -2.16. The van der Waals surface area contributed by atoms with Gasteiger partial charge in [-0.1, -0.05) is 97.1 Å². The highest BCUT2D eigenvalue weighted by atomic mass is 16.6. The zero-order chi connectivity index (χ0) is 28.3. The lowest BCUT2D eigenvalue weighted by molar-refractivity contribution is 0.362. The van der Waals surface area contributed by atoms with Gasteiger partial charge < -0.3 is 9.47 Å². The van der Waals surface area contributed by atoms with E-state index < -0.39 is 0 Å². The van der Waals surface area contributed by atoms with E-state index in [-0.39, 0.29) is 5.92 Å². The number of ether oxygens (including phenoxy) is 2. The molecular formula is C38H25N3O2. The summed E-state index contributed by atoms with van der Waals surface area (Å²) in [6.07, 6.45) is 11.9. The van der Waals surface area contributed by atoms with E-state index in [0.717, 1.165) is 45.5 Å². The van der Waals surface area contributed by atoms with Gasteiger partial charge in [-0.25, -0.2) is 9.97 Å². The van der Waals surface area contributed by atoms with Gasteiger partial charge in [0.1, 0.15) is 5.52 Å². The molecule has 6 aromatic rings. The Balaban J connectivity index is 1.36. The number of hydrogen-bond donors (Lipinski definition) is 0. The maximum absolute atomic E-state index is 6.63. The van der Waals surface area contributed by atoms with Gasteiger partial charge in [0.25, 0.3) is 0 Å². The first-order valence-corrected chi connectivity index (χ1v) is 14.5. The molecule has 0 N–H and O–H groups in total. The van der Waals surface area contributed by atoms with Crippen LogP contribution in [-0.4, -0.2) is 14.5 Å². The van der Waals surface area contributed by atoms with E-state index in [0.29, 0.717) is 28.9 Å². The summed E-state index contributed by atoms with van der Waals surface area (Å²) in [5, 5.41) is 1.08. The van der Waals surface area contributed by atoms with Gasteiger partial charge in [0.15, 0.2) is 23.0 Å². The Bertz CT molecular complexity index is 2100. The minimum absolute atomic E-state index is 0.278. The fraction of sp³-hybridized carbons (Fsp3) is 0.0526. The second-order valence-corrected chi connectivity index (χ2v) is 11.0. The molecule has 3 aliphatic rings. The van der Waals surface area contributed by atoms with Gasteiger partial charge in [-0.2, -0.15) is 0 Å². The molecule has 1 unspecified atom stereocenters. The van der Waals surface area contributed by atoms with Gasteiger partial charge in [0.05, 0.1) is 11.4 Å². The Kier molecular flexibility index (Phi) is 5.26. The number of benzene rings is 4. The largest absolute Gasteiger partial charge is 0.449 e. The van der Waals surface area contributed by atoms with Crippen LogP contribution < -0.4 is 9.47 Å². The Morgan fingerprint density at radius 2 is 1.35 bits per heavy atom. The van der Waals surface area contributed by atoms with Crippen molar-refractivity contribution in [2.24, 2.45) is 5.92 Å². The topological polar surface area (TPSA) is 49.2 Å². The van der Waals surface area contributed by atoms with Crippen molar-refractivity contribution in [1.29, 1.82) is 0 Å². The number of rotatable bonds is 3. The summed E-state index contributed by atoms with van der Waals surface area (Å²) in [4.78, 5) is 10.5. The van der Waals surface area contributed by atoms with Gasteiger partial charge in [-0.3, -0.25) is 4.57 Å².